The molecular weight excluding hydrogens is 346 g/mol. The molecule has 5 nitrogen and oxygen atoms in total. The number of nitrogens with zero attached hydrogens (tertiary/aromatic N) is 1. The van der Waals surface area contributed by atoms with Gasteiger partial charge in [0, 0.05) is 24.2 Å². The van der Waals surface area contributed by atoms with Crippen molar-refractivity contribution in [2.75, 3.05) is 6.54 Å². The van der Waals surface area contributed by atoms with Crippen molar-refractivity contribution in [3.05, 3.63) is 42.1 Å². The predicted octanol–water partition coefficient (Wildman–Crippen LogP) is 2.59. The molecule has 0 amide bonds. The third-order valence-electron chi connectivity index (χ3n) is 4.62. The number of aromatic nitrogens is 1. The largest absolute Gasteiger partial charge is 0.329 e. The summed E-state index contributed by atoms with van der Waals surface area (Å²) in [5, 5.41) is 0.950. The summed E-state index contributed by atoms with van der Waals surface area (Å²) in [5.41, 5.74) is 7.27. The van der Waals surface area contributed by atoms with Crippen LogP contribution in [-0.4, -0.2) is 26.0 Å². The molecule has 0 spiro atoms. The van der Waals surface area contributed by atoms with E-state index >= 15 is 0 Å². The fourth-order valence-corrected chi connectivity index (χ4v) is 4.93. The van der Waals surface area contributed by atoms with Gasteiger partial charge in [-0.25, -0.2) is 13.1 Å². The Balaban J connectivity index is 0.00000208. The van der Waals surface area contributed by atoms with Gasteiger partial charge in [0.05, 0.1) is 11.3 Å². The van der Waals surface area contributed by atoms with E-state index in [9.17, 15) is 8.42 Å². The highest BCUT2D eigenvalue weighted by molar-refractivity contribution is 7.88. The Morgan fingerprint density at radius 1 is 1.21 bits per heavy atom. The molecule has 7 heteroatoms. The molecule has 3 rings (SSSR count). The van der Waals surface area contributed by atoms with Crippen LogP contribution in [0.5, 0.6) is 0 Å². The number of nitrogens with two attached hydrogens (primary N) is 1. The monoisotopic (exact) mass is 369 g/mol. The van der Waals surface area contributed by atoms with Crippen molar-refractivity contribution in [3.8, 4) is 0 Å². The van der Waals surface area contributed by atoms with E-state index in [4.69, 9.17) is 5.73 Å². The number of benzene rings is 1. The molecule has 3 N–H and O–H groups in total. The van der Waals surface area contributed by atoms with Gasteiger partial charge >= 0.3 is 0 Å². The van der Waals surface area contributed by atoms with Gasteiger partial charge in [0.25, 0.3) is 0 Å². The van der Waals surface area contributed by atoms with E-state index in [-0.39, 0.29) is 24.2 Å². The van der Waals surface area contributed by atoms with Gasteiger partial charge in [0.2, 0.25) is 10.0 Å². The zero-order valence-corrected chi connectivity index (χ0v) is 15.2. The number of nitrogens with one attached hydrogen (secondary N) is 1. The maximum atomic E-state index is 12.6. The van der Waals surface area contributed by atoms with Gasteiger partial charge in [-0.1, -0.05) is 37.1 Å². The van der Waals surface area contributed by atoms with Crippen molar-refractivity contribution in [3.63, 3.8) is 0 Å². The Hall–Kier alpha value is -1.21. The first-order chi connectivity index (χ1) is 11.1. The molecule has 1 heterocycles. The highest BCUT2D eigenvalue weighted by atomic mass is 35.5. The summed E-state index contributed by atoms with van der Waals surface area (Å²) < 4.78 is 28.0. The number of rotatable bonds is 6. The van der Waals surface area contributed by atoms with Gasteiger partial charge in [0.15, 0.2) is 0 Å². The summed E-state index contributed by atoms with van der Waals surface area (Å²) in [6, 6.07) is 9.25. The maximum Gasteiger partial charge on any atom is 0.216 e. The Kier molecular flexibility index (Phi) is 6.57. The first kappa shape index (κ1) is 19.1. The van der Waals surface area contributed by atoms with Crippen molar-refractivity contribution in [2.45, 2.75) is 37.5 Å². The number of sulfonamides is 1. The van der Waals surface area contributed by atoms with Gasteiger partial charge in [-0.3, -0.25) is 4.98 Å². The van der Waals surface area contributed by atoms with Crippen LogP contribution >= 0.6 is 12.4 Å². The number of hydrogen-bond acceptors (Lipinski definition) is 4. The molecule has 0 aliphatic heterocycles. The molecule has 1 aromatic carbocycles. The Morgan fingerprint density at radius 3 is 2.62 bits per heavy atom. The van der Waals surface area contributed by atoms with Gasteiger partial charge in [-0.05, 0) is 30.4 Å². The second-order valence-corrected chi connectivity index (χ2v) is 8.01. The Labute approximate surface area is 149 Å². The molecule has 1 fully saturated rings. The molecule has 1 aliphatic rings. The van der Waals surface area contributed by atoms with Gasteiger partial charge in [-0.15, -0.1) is 12.4 Å². The zero-order valence-electron chi connectivity index (χ0n) is 13.5. The number of para-hydroxylation sites is 1. The predicted molar refractivity (Wildman–Crippen MR) is 99.6 cm³/mol. The van der Waals surface area contributed by atoms with Crippen LogP contribution in [0.1, 0.15) is 31.2 Å². The van der Waals surface area contributed by atoms with E-state index in [0.717, 1.165) is 42.1 Å². The van der Waals surface area contributed by atoms with E-state index in [0.29, 0.717) is 12.5 Å². The van der Waals surface area contributed by atoms with Crippen LogP contribution in [0.25, 0.3) is 10.9 Å². The van der Waals surface area contributed by atoms with E-state index in [2.05, 4.69) is 9.71 Å². The Bertz CT molecular complexity index is 771. The molecule has 1 aliphatic carbocycles. The zero-order chi connectivity index (χ0) is 16.3. The summed E-state index contributed by atoms with van der Waals surface area (Å²) in [7, 11) is -3.44. The van der Waals surface area contributed by atoms with Gasteiger partial charge in [0.1, 0.15) is 0 Å². The molecule has 0 radical (unpaired) electrons. The summed E-state index contributed by atoms with van der Waals surface area (Å²) in [5.74, 6) is 0.297. The molecule has 1 saturated carbocycles. The number of hydrogen-bond donors (Lipinski definition) is 2. The molecule has 0 saturated heterocycles. The smallest absolute Gasteiger partial charge is 0.216 e. The second kappa shape index (κ2) is 8.25. The van der Waals surface area contributed by atoms with Crippen LogP contribution in [0, 0.1) is 5.92 Å². The average molecular weight is 370 g/mol. The fraction of sp³-hybridized carbons (Fsp3) is 0.471. The highest BCUT2D eigenvalue weighted by Crippen LogP contribution is 2.28. The van der Waals surface area contributed by atoms with Crippen LogP contribution in [0.15, 0.2) is 36.5 Å². The maximum absolute atomic E-state index is 12.6. The molecule has 1 aromatic heterocycles. The van der Waals surface area contributed by atoms with E-state index in [1.807, 2.05) is 30.3 Å². The topological polar surface area (TPSA) is 85.1 Å². The van der Waals surface area contributed by atoms with Gasteiger partial charge < -0.3 is 5.73 Å². The molecular formula is C17H24ClN3O2S. The molecule has 1 unspecified atom stereocenters. The normalized spacial score (nSPS) is 16.9. The standard InChI is InChI=1S/C17H23N3O2S.ClH/c18-11-16(13-5-1-2-6-13)20-23(21,22)12-15-8-3-7-14-9-4-10-19-17(14)15;/h3-4,7-10,13,16,20H,1-2,5-6,11-12,18H2;1H. The summed E-state index contributed by atoms with van der Waals surface area (Å²) >= 11 is 0. The third kappa shape index (κ3) is 4.45. The third-order valence-corrected chi connectivity index (χ3v) is 5.97. The second-order valence-electron chi connectivity index (χ2n) is 6.26. The number of fused-ring (bicyclic) bond motifs is 1. The fourth-order valence-electron chi connectivity index (χ4n) is 3.46. The van der Waals surface area contributed by atoms with E-state index in [1.54, 1.807) is 6.20 Å². The van der Waals surface area contributed by atoms with E-state index in [1.165, 1.54) is 0 Å². The van der Waals surface area contributed by atoms with E-state index < -0.39 is 10.0 Å². The van der Waals surface area contributed by atoms with Crippen molar-refractivity contribution in [1.29, 1.82) is 0 Å². The van der Waals surface area contributed by atoms with Gasteiger partial charge in [-0.2, -0.15) is 0 Å². The molecule has 0 bridgehead atoms. The van der Waals surface area contributed by atoms with Crippen molar-refractivity contribution >= 4 is 33.3 Å². The van der Waals surface area contributed by atoms with Crippen LogP contribution in [-0.2, 0) is 15.8 Å². The van der Waals surface area contributed by atoms with Crippen LogP contribution in [0.2, 0.25) is 0 Å². The number of pyridine rings is 1. The summed E-state index contributed by atoms with van der Waals surface area (Å²) in [6.07, 6.45) is 6.12. The van der Waals surface area contributed by atoms with Crippen LogP contribution < -0.4 is 10.5 Å². The lowest BCUT2D eigenvalue weighted by Crippen LogP contribution is -2.44. The van der Waals surface area contributed by atoms with Crippen molar-refractivity contribution < 1.29 is 8.42 Å². The molecule has 24 heavy (non-hydrogen) atoms. The van der Waals surface area contributed by atoms with Crippen LogP contribution in [0.4, 0.5) is 0 Å². The molecule has 1 atom stereocenters. The average Bonchev–Trinajstić information content (AvgIpc) is 3.07. The minimum Gasteiger partial charge on any atom is -0.329 e. The van der Waals surface area contributed by atoms with Crippen molar-refractivity contribution in [1.82, 2.24) is 9.71 Å². The highest BCUT2D eigenvalue weighted by Gasteiger charge is 2.27. The molecule has 2 aromatic rings. The summed E-state index contributed by atoms with van der Waals surface area (Å²) in [6.45, 7) is 0.345. The minimum atomic E-state index is -3.44. The summed E-state index contributed by atoms with van der Waals surface area (Å²) in [4.78, 5) is 4.33. The lowest BCUT2D eigenvalue weighted by Gasteiger charge is -2.23. The first-order valence-electron chi connectivity index (χ1n) is 8.12. The molecule has 132 valence electrons. The first-order valence-corrected chi connectivity index (χ1v) is 9.77. The SMILES string of the molecule is Cl.NCC(NS(=O)(=O)Cc1cccc2cccnc12)C1CCCC1. The number of halogens is 1. The quantitative estimate of drug-likeness (QED) is 0.819. The minimum absolute atomic E-state index is 0. The Morgan fingerprint density at radius 2 is 1.92 bits per heavy atom. The lowest BCUT2D eigenvalue weighted by molar-refractivity contribution is 0.405. The van der Waals surface area contributed by atoms with Crippen LogP contribution in [0.3, 0.4) is 0 Å². The van der Waals surface area contributed by atoms with Crippen molar-refractivity contribution in [2.24, 2.45) is 11.7 Å². The lowest BCUT2D eigenvalue weighted by atomic mass is 9.99.